The van der Waals surface area contributed by atoms with Gasteiger partial charge in [-0.05, 0) is 11.1 Å². The highest BCUT2D eigenvalue weighted by Gasteiger charge is 2.15. The van der Waals surface area contributed by atoms with E-state index in [1.54, 1.807) is 38.4 Å². The van der Waals surface area contributed by atoms with Crippen LogP contribution in [0.25, 0.3) is 0 Å². The van der Waals surface area contributed by atoms with Gasteiger partial charge in [-0.15, -0.1) is 0 Å². The van der Waals surface area contributed by atoms with E-state index in [-0.39, 0.29) is 24.7 Å². The maximum atomic E-state index is 11.9. The maximum absolute atomic E-state index is 11.9. The average molecular weight is 285 g/mol. The summed E-state index contributed by atoms with van der Waals surface area (Å²) in [7, 11) is -0.409. The van der Waals surface area contributed by atoms with Crippen molar-refractivity contribution < 1.29 is 13.2 Å². The Balaban J connectivity index is 2.72. The Morgan fingerprint density at radius 2 is 1.84 bits per heavy atom. The fourth-order valence-electron chi connectivity index (χ4n) is 1.48. The summed E-state index contributed by atoms with van der Waals surface area (Å²) in [5.41, 5.74) is 6.99. The van der Waals surface area contributed by atoms with Gasteiger partial charge in [0.25, 0.3) is 0 Å². The van der Waals surface area contributed by atoms with Crippen LogP contribution in [0.15, 0.2) is 24.3 Å². The number of nitrogens with zero attached hydrogens (tertiary/aromatic N) is 1. The molecule has 1 aromatic rings. The van der Waals surface area contributed by atoms with Crippen molar-refractivity contribution in [1.82, 2.24) is 9.62 Å². The molecule has 0 fully saturated rings. The number of benzene rings is 1. The van der Waals surface area contributed by atoms with E-state index in [0.717, 1.165) is 5.56 Å². The molecule has 0 radical (unpaired) electrons. The molecule has 1 amide bonds. The van der Waals surface area contributed by atoms with E-state index in [1.807, 2.05) is 0 Å². The fraction of sp³-hybridized carbons (Fsp3) is 0.417. The van der Waals surface area contributed by atoms with Crippen molar-refractivity contribution in [2.24, 2.45) is 5.73 Å². The quantitative estimate of drug-likeness (QED) is 0.747. The third kappa shape index (κ3) is 4.98. The lowest BCUT2D eigenvalue weighted by atomic mass is 10.1. The molecule has 1 rings (SSSR count). The Labute approximate surface area is 113 Å². The summed E-state index contributed by atoms with van der Waals surface area (Å²) in [6, 6.07) is 7.07. The molecule has 0 atom stereocenters. The van der Waals surface area contributed by atoms with E-state index in [9.17, 15) is 13.2 Å². The molecule has 1 aromatic carbocycles. The molecule has 7 heteroatoms. The van der Waals surface area contributed by atoms with Gasteiger partial charge in [0.1, 0.15) is 0 Å². The van der Waals surface area contributed by atoms with Gasteiger partial charge < -0.3 is 10.6 Å². The van der Waals surface area contributed by atoms with Crippen LogP contribution in [0, 0.1) is 0 Å². The molecule has 0 spiro atoms. The Kier molecular flexibility index (Phi) is 5.46. The van der Waals surface area contributed by atoms with Crippen molar-refractivity contribution in [3.63, 3.8) is 0 Å². The van der Waals surface area contributed by atoms with Gasteiger partial charge in [-0.3, -0.25) is 4.79 Å². The van der Waals surface area contributed by atoms with Gasteiger partial charge in [-0.1, -0.05) is 24.3 Å². The lowest BCUT2D eigenvalue weighted by Gasteiger charge is -2.12. The minimum atomic E-state index is -3.55. The second-order valence-corrected chi connectivity index (χ2v) is 6.15. The molecule has 0 saturated heterocycles. The van der Waals surface area contributed by atoms with Crippen molar-refractivity contribution in [1.29, 1.82) is 0 Å². The number of nitrogens with one attached hydrogen (secondary N) is 1. The van der Waals surface area contributed by atoms with Gasteiger partial charge in [0, 0.05) is 20.6 Å². The highest BCUT2D eigenvalue weighted by atomic mass is 32.2. The third-order valence-electron chi connectivity index (χ3n) is 2.63. The number of nitrogens with two attached hydrogens (primary N) is 1. The first-order chi connectivity index (χ1) is 8.85. The molecule has 19 heavy (non-hydrogen) atoms. The number of hydrogen-bond acceptors (Lipinski definition) is 4. The molecule has 6 nitrogen and oxygen atoms in total. The van der Waals surface area contributed by atoms with E-state index >= 15 is 0 Å². The maximum Gasteiger partial charge on any atom is 0.237 e. The molecule has 0 aliphatic heterocycles. The predicted molar refractivity (Wildman–Crippen MR) is 73.7 cm³/mol. The largest absolute Gasteiger partial charge is 0.348 e. The minimum Gasteiger partial charge on any atom is -0.348 e. The highest BCUT2D eigenvalue weighted by Crippen LogP contribution is 2.11. The first-order valence-electron chi connectivity index (χ1n) is 5.80. The van der Waals surface area contributed by atoms with Crippen LogP contribution in [0.4, 0.5) is 0 Å². The second-order valence-electron chi connectivity index (χ2n) is 4.34. The normalized spacial score (nSPS) is 11.3. The number of sulfonamides is 1. The Hall–Kier alpha value is -1.44. The molecular weight excluding hydrogens is 266 g/mol. The van der Waals surface area contributed by atoms with E-state index in [0.29, 0.717) is 5.56 Å². The van der Waals surface area contributed by atoms with Gasteiger partial charge in [0.2, 0.25) is 15.9 Å². The minimum absolute atomic E-state index is 0.179. The van der Waals surface area contributed by atoms with Gasteiger partial charge in [-0.25, -0.2) is 13.1 Å². The molecule has 0 unspecified atom stereocenters. The Bertz CT molecular complexity index is 541. The van der Waals surface area contributed by atoms with Crippen LogP contribution in [0.2, 0.25) is 0 Å². The molecule has 0 bridgehead atoms. The summed E-state index contributed by atoms with van der Waals surface area (Å²) in [5.74, 6) is -0.475. The molecule has 0 heterocycles. The molecular formula is C12H19N3O3S. The number of hydrogen-bond donors (Lipinski definition) is 2. The van der Waals surface area contributed by atoms with Crippen molar-refractivity contribution in [3.05, 3.63) is 35.4 Å². The van der Waals surface area contributed by atoms with E-state index in [2.05, 4.69) is 4.72 Å². The van der Waals surface area contributed by atoms with E-state index in [4.69, 9.17) is 5.73 Å². The van der Waals surface area contributed by atoms with Crippen LogP contribution < -0.4 is 10.5 Å². The van der Waals surface area contributed by atoms with Crippen LogP contribution in [0.1, 0.15) is 11.1 Å². The van der Waals surface area contributed by atoms with Gasteiger partial charge in [0.15, 0.2) is 0 Å². The number of carbonyl (C=O) groups excluding carboxylic acids is 1. The van der Waals surface area contributed by atoms with Crippen molar-refractivity contribution >= 4 is 15.9 Å². The molecule has 106 valence electrons. The lowest BCUT2D eigenvalue weighted by Crippen LogP contribution is -2.36. The van der Waals surface area contributed by atoms with E-state index < -0.39 is 10.0 Å². The Morgan fingerprint density at radius 1 is 1.26 bits per heavy atom. The van der Waals surface area contributed by atoms with Gasteiger partial charge >= 0.3 is 0 Å². The molecule has 0 aliphatic carbocycles. The monoisotopic (exact) mass is 285 g/mol. The van der Waals surface area contributed by atoms with Gasteiger partial charge in [-0.2, -0.15) is 0 Å². The first kappa shape index (κ1) is 15.6. The zero-order valence-corrected chi connectivity index (χ0v) is 11.9. The van der Waals surface area contributed by atoms with Crippen LogP contribution in [-0.2, 0) is 27.1 Å². The number of carbonyl (C=O) groups is 1. The number of likely N-dealkylation sites (N-methyl/N-ethyl adjacent to an activating group) is 1. The topological polar surface area (TPSA) is 92.5 Å². The molecule has 0 saturated carbocycles. The van der Waals surface area contributed by atoms with Crippen LogP contribution in [0.5, 0.6) is 0 Å². The fourth-order valence-corrected chi connectivity index (χ4v) is 2.62. The third-order valence-corrected chi connectivity index (χ3v) is 3.90. The van der Waals surface area contributed by atoms with E-state index in [1.165, 1.54) is 4.90 Å². The van der Waals surface area contributed by atoms with Gasteiger partial charge in [0.05, 0.1) is 12.3 Å². The summed E-state index contributed by atoms with van der Waals surface area (Å²) < 4.78 is 26.0. The second kappa shape index (κ2) is 6.65. The van der Waals surface area contributed by atoms with Crippen LogP contribution in [-0.4, -0.2) is 39.9 Å². The molecule has 0 aromatic heterocycles. The number of rotatable bonds is 6. The highest BCUT2D eigenvalue weighted by molar-refractivity contribution is 7.88. The molecule has 0 aliphatic rings. The standard InChI is InChI=1S/C12H19N3O3S/c1-15(2)12(16)8-14-19(17,18)9-11-6-4-3-5-10(11)7-13/h3-6,14H,7-9,13H2,1-2H3. The molecule has 3 N–H and O–H groups in total. The van der Waals surface area contributed by atoms with Crippen molar-refractivity contribution in [2.75, 3.05) is 20.6 Å². The van der Waals surface area contributed by atoms with Crippen molar-refractivity contribution in [2.45, 2.75) is 12.3 Å². The predicted octanol–water partition coefficient (Wildman–Crippen LogP) is -0.347. The zero-order valence-electron chi connectivity index (χ0n) is 11.1. The van der Waals surface area contributed by atoms with Crippen LogP contribution in [0.3, 0.4) is 0 Å². The Morgan fingerprint density at radius 3 is 2.37 bits per heavy atom. The summed E-state index contributed by atoms with van der Waals surface area (Å²) in [5, 5.41) is 0. The van der Waals surface area contributed by atoms with Crippen LogP contribution >= 0.6 is 0 Å². The summed E-state index contributed by atoms with van der Waals surface area (Å²) in [4.78, 5) is 12.7. The summed E-state index contributed by atoms with van der Waals surface area (Å²) in [6.07, 6.45) is 0. The first-order valence-corrected chi connectivity index (χ1v) is 7.45. The summed E-state index contributed by atoms with van der Waals surface area (Å²) >= 11 is 0. The van der Waals surface area contributed by atoms with Crippen molar-refractivity contribution in [3.8, 4) is 0 Å². The SMILES string of the molecule is CN(C)C(=O)CNS(=O)(=O)Cc1ccccc1CN. The average Bonchev–Trinajstić information content (AvgIpc) is 2.36. The number of amides is 1. The lowest BCUT2D eigenvalue weighted by molar-refractivity contribution is -0.127. The summed E-state index contributed by atoms with van der Waals surface area (Å²) in [6.45, 7) is 0.0441. The smallest absolute Gasteiger partial charge is 0.237 e. The zero-order chi connectivity index (χ0) is 14.5.